The molecular formula is C17H17NO4. The van der Waals surface area contributed by atoms with Crippen molar-refractivity contribution < 1.29 is 19.4 Å². The number of hydrogen-bond acceptors (Lipinski definition) is 3. The lowest BCUT2D eigenvalue weighted by Gasteiger charge is -2.07. The van der Waals surface area contributed by atoms with Gasteiger partial charge in [0.25, 0.3) is 0 Å². The topological polar surface area (TPSA) is 75.6 Å². The second-order valence-electron chi connectivity index (χ2n) is 4.69. The quantitative estimate of drug-likeness (QED) is 0.823. The average molecular weight is 299 g/mol. The van der Waals surface area contributed by atoms with Crippen LogP contribution in [0.2, 0.25) is 0 Å². The lowest BCUT2D eigenvalue weighted by molar-refractivity contribution is -0.121. The molecule has 0 aliphatic heterocycles. The Bertz CT molecular complexity index is 623. The van der Waals surface area contributed by atoms with Crippen molar-refractivity contribution in [1.82, 2.24) is 5.32 Å². The predicted octanol–water partition coefficient (Wildman–Crippen LogP) is 2.47. The molecule has 0 radical (unpaired) electrons. The van der Waals surface area contributed by atoms with Gasteiger partial charge in [0.1, 0.15) is 5.75 Å². The average Bonchev–Trinajstić information content (AvgIpc) is 2.54. The minimum Gasteiger partial charge on any atom is -0.493 e. The van der Waals surface area contributed by atoms with Crippen LogP contribution < -0.4 is 10.1 Å². The van der Waals surface area contributed by atoms with Gasteiger partial charge in [-0.2, -0.15) is 0 Å². The number of amides is 1. The maximum absolute atomic E-state index is 11.7. The van der Waals surface area contributed by atoms with E-state index in [-0.39, 0.29) is 17.9 Å². The molecule has 114 valence electrons. The summed E-state index contributed by atoms with van der Waals surface area (Å²) in [6.07, 6.45) is 0.266. The van der Waals surface area contributed by atoms with Gasteiger partial charge >= 0.3 is 5.97 Å². The number of carboxylic acid groups (broad SMARTS) is 1. The number of ether oxygens (including phenoxy) is 1. The summed E-state index contributed by atoms with van der Waals surface area (Å²) in [4.78, 5) is 22.4. The van der Waals surface area contributed by atoms with E-state index in [1.165, 1.54) is 12.1 Å². The lowest BCUT2D eigenvalue weighted by atomic mass is 10.1. The first-order valence-electron chi connectivity index (χ1n) is 6.92. The molecular weight excluding hydrogens is 282 g/mol. The molecule has 0 aliphatic carbocycles. The molecule has 0 atom stereocenters. The van der Waals surface area contributed by atoms with Crippen LogP contribution in [0.1, 0.15) is 22.3 Å². The molecule has 0 heterocycles. The van der Waals surface area contributed by atoms with E-state index in [0.29, 0.717) is 13.2 Å². The number of aromatic carboxylic acids is 1. The van der Waals surface area contributed by atoms with Crippen molar-refractivity contribution in [1.29, 1.82) is 0 Å². The molecule has 2 rings (SSSR count). The molecule has 2 N–H and O–H groups in total. The number of carboxylic acids is 1. The summed E-state index contributed by atoms with van der Waals surface area (Å²) in [6, 6.07) is 15.7. The third-order valence-corrected chi connectivity index (χ3v) is 3.03. The van der Waals surface area contributed by atoms with Gasteiger partial charge in [-0.3, -0.25) is 4.79 Å². The van der Waals surface area contributed by atoms with Crippen LogP contribution in [0.3, 0.4) is 0 Å². The van der Waals surface area contributed by atoms with Crippen LogP contribution >= 0.6 is 0 Å². The first-order valence-corrected chi connectivity index (χ1v) is 6.92. The van der Waals surface area contributed by atoms with E-state index in [4.69, 9.17) is 9.84 Å². The summed E-state index contributed by atoms with van der Waals surface area (Å²) >= 11 is 0. The number of benzene rings is 2. The van der Waals surface area contributed by atoms with Crippen LogP contribution in [0.5, 0.6) is 5.75 Å². The zero-order chi connectivity index (χ0) is 15.8. The highest BCUT2D eigenvalue weighted by atomic mass is 16.5. The second kappa shape index (κ2) is 7.83. The zero-order valence-electron chi connectivity index (χ0n) is 12.0. The van der Waals surface area contributed by atoms with Crippen molar-refractivity contribution in [2.24, 2.45) is 0 Å². The smallest absolute Gasteiger partial charge is 0.335 e. The number of carbonyl (C=O) groups excluding carboxylic acids is 1. The first kappa shape index (κ1) is 15.6. The Balaban J connectivity index is 1.70. The van der Waals surface area contributed by atoms with Crippen molar-refractivity contribution in [2.75, 3.05) is 6.61 Å². The number of hydrogen-bond donors (Lipinski definition) is 2. The predicted molar refractivity (Wildman–Crippen MR) is 81.8 cm³/mol. The fraction of sp³-hybridized carbons (Fsp3) is 0.176. The minimum absolute atomic E-state index is 0.113. The van der Waals surface area contributed by atoms with Gasteiger partial charge in [-0.25, -0.2) is 4.79 Å². The Kier molecular flexibility index (Phi) is 5.54. The van der Waals surface area contributed by atoms with Crippen molar-refractivity contribution in [3.63, 3.8) is 0 Å². The van der Waals surface area contributed by atoms with E-state index in [1.807, 2.05) is 30.3 Å². The van der Waals surface area contributed by atoms with Gasteiger partial charge < -0.3 is 15.2 Å². The van der Waals surface area contributed by atoms with E-state index >= 15 is 0 Å². The summed E-state index contributed by atoms with van der Waals surface area (Å²) in [7, 11) is 0. The van der Waals surface area contributed by atoms with Crippen molar-refractivity contribution in [3.05, 3.63) is 65.7 Å². The Morgan fingerprint density at radius 2 is 1.68 bits per heavy atom. The highest BCUT2D eigenvalue weighted by Gasteiger charge is 2.04. The van der Waals surface area contributed by atoms with Crippen molar-refractivity contribution in [3.8, 4) is 5.75 Å². The number of para-hydroxylation sites is 1. The molecule has 0 unspecified atom stereocenters. The van der Waals surface area contributed by atoms with Crippen molar-refractivity contribution >= 4 is 11.9 Å². The standard InChI is InChI=1S/C17H17NO4/c19-16(10-11-22-15-4-2-1-3-5-15)18-12-13-6-8-14(9-7-13)17(20)21/h1-9H,10-12H2,(H,18,19)(H,20,21). The molecule has 5 heteroatoms. The van der Waals surface area contributed by atoms with E-state index in [2.05, 4.69) is 5.32 Å². The second-order valence-corrected chi connectivity index (χ2v) is 4.69. The monoisotopic (exact) mass is 299 g/mol. The summed E-state index contributed by atoms with van der Waals surface area (Å²) < 4.78 is 5.44. The fourth-order valence-corrected chi connectivity index (χ4v) is 1.83. The van der Waals surface area contributed by atoms with E-state index in [1.54, 1.807) is 12.1 Å². The van der Waals surface area contributed by atoms with Crippen LogP contribution in [0.4, 0.5) is 0 Å². The number of carbonyl (C=O) groups is 2. The number of rotatable bonds is 7. The highest BCUT2D eigenvalue weighted by molar-refractivity contribution is 5.87. The van der Waals surface area contributed by atoms with Gasteiger partial charge in [-0.15, -0.1) is 0 Å². The molecule has 1 amide bonds. The molecule has 5 nitrogen and oxygen atoms in total. The fourth-order valence-electron chi connectivity index (χ4n) is 1.83. The van der Waals surface area contributed by atoms with Gasteiger partial charge in [0.15, 0.2) is 0 Å². The van der Waals surface area contributed by atoms with Crippen LogP contribution in [-0.2, 0) is 11.3 Å². The molecule has 0 aliphatic rings. The SMILES string of the molecule is O=C(CCOc1ccccc1)NCc1ccc(C(=O)O)cc1. The normalized spacial score (nSPS) is 10.0. The molecule has 2 aromatic rings. The number of nitrogens with one attached hydrogen (secondary N) is 1. The summed E-state index contributed by atoms with van der Waals surface area (Å²) in [6.45, 7) is 0.678. The Morgan fingerprint density at radius 3 is 2.32 bits per heavy atom. The lowest BCUT2D eigenvalue weighted by Crippen LogP contribution is -2.24. The van der Waals surface area contributed by atoms with Gasteiger partial charge in [-0.05, 0) is 29.8 Å². The van der Waals surface area contributed by atoms with Crippen LogP contribution in [0.15, 0.2) is 54.6 Å². The molecule has 22 heavy (non-hydrogen) atoms. The maximum atomic E-state index is 11.7. The molecule has 0 fully saturated rings. The summed E-state index contributed by atoms with van der Waals surface area (Å²) in [5.74, 6) is -0.341. The van der Waals surface area contributed by atoms with Crippen LogP contribution in [0.25, 0.3) is 0 Å². The summed E-state index contributed by atoms with van der Waals surface area (Å²) in [5.41, 5.74) is 1.08. The largest absolute Gasteiger partial charge is 0.493 e. The van der Waals surface area contributed by atoms with Crippen LogP contribution in [0, 0.1) is 0 Å². The van der Waals surface area contributed by atoms with Crippen LogP contribution in [-0.4, -0.2) is 23.6 Å². The Morgan fingerprint density at radius 1 is 1.00 bits per heavy atom. The minimum atomic E-state index is -0.964. The molecule has 0 bridgehead atoms. The maximum Gasteiger partial charge on any atom is 0.335 e. The van der Waals surface area contributed by atoms with E-state index in [0.717, 1.165) is 11.3 Å². The zero-order valence-corrected chi connectivity index (χ0v) is 12.0. The van der Waals surface area contributed by atoms with E-state index in [9.17, 15) is 9.59 Å². The highest BCUT2D eigenvalue weighted by Crippen LogP contribution is 2.08. The molecule has 0 aromatic heterocycles. The Labute approximate surface area is 128 Å². The van der Waals surface area contributed by atoms with Crippen molar-refractivity contribution in [2.45, 2.75) is 13.0 Å². The van der Waals surface area contributed by atoms with Gasteiger partial charge in [-0.1, -0.05) is 30.3 Å². The molecule has 0 saturated heterocycles. The van der Waals surface area contributed by atoms with Gasteiger partial charge in [0, 0.05) is 6.54 Å². The first-order chi connectivity index (χ1) is 10.6. The molecule has 0 saturated carbocycles. The van der Waals surface area contributed by atoms with Gasteiger partial charge in [0.05, 0.1) is 18.6 Å². The summed E-state index contributed by atoms with van der Waals surface area (Å²) in [5, 5.41) is 11.6. The third kappa shape index (κ3) is 4.94. The molecule has 2 aromatic carbocycles. The molecule has 0 spiro atoms. The van der Waals surface area contributed by atoms with Gasteiger partial charge in [0.2, 0.25) is 5.91 Å². The Hall–Kier alpha value is -2.82. The van der Waals surface area contributed by atoms with E-state index < -0.39 is 5.97 Å². The third-order valence-electron chi connectivity index (χ3n) is 3.03.